The third-order valence-electron chi connectivity index (χ3n) is 5.63. The summed E-state index contributed by atoms with van der Waals surface area (Å²) in [5, 5.41) is 30.1. The maximum atomic E-state index is 12.5. The molecule has 0 saturated carbocycles. The Labute approximate surface area is 146 Å². The van der Waals surface area contributed by atoms with Gasteiger partial charge in [-0.05, 0) is 24.2 Å². The van der Waals surface area contributed by atoms with Crippen LogP contribution in [0, 0.1) is 33.5 Å². The molecule has 0 amide bonds. The highest BCUT2D eigenvalue weighted by Gasteiger charge is 2.69. The second-order valence-electron chi connectivity index (χ2n) is 7.68. The average Bonchev–Trinajstić information content (AvgIpc) is 2.48. The van der Waals surface area contributed by atoms with E-state index in [1.807, 2.05) is 33.8 Å². The summed E-state index contributed by atoms with van der Waals surface area (Å²) in [6.07, 6.45) is 3.77. The smallest absolute Gasteiger partial charge is 0.325 e. The average molecular weight is 339 g/mol. The molecule has 0 saturated heterocycles. The van der Waals surface area contributed by atoms with Crippen LogP contribution in [0.15, 0.2) is 0 Å². The standard InChI is InChI=1S/C19H33NO4/c1-7-9-11-17(5,6)19(16(23)24,12-10-8-2)18(13-20,14(3)4)15(21)22/h14H,7-12H2,1-6H3,(H,21,22)(H,23,24). The lowest BCUT2D eigenvalue weighted by molar-refractivity contribution is -0.189. The van der Waals surface area contributed by atoms with Crippen molar-refractivity contribution in [2.45, 2.75) is 80.1 Å². The van der Waals surface area contributed by atoms with Crippen molar-refractivity contribution in [2.75, 3.05) is 0 Å². The molecule has 0 aliphatic carbocycles. The summed E-state index contributed by atoms with van der Waals surface area (Å²) in [5.74, 6) is -3.12. The molecule has 0 rings (SSSR count). The molecule has 2 N–H and O–H groups in total. The van der Waals surface area contributed by atoms with Crippen LogP contribution in [0.25, 0.3) is 0 Å². The predicted molar refractivity (Wildman–Crippen MR) is 93.4 cm³/mol. The Bertz CT molecular complexity index is 492. The number of rotatable bonds is 11. The molecule has 0 aromatic rings. The summed E-state index contributed by atoms with van der Waals surface area (Å²) in [7, 11) is 0. The lowest BCUT2D eigenvalue weighted by Crippen LogP contribution is -2.61. The fourth-order valence-electron chi connectivity index (χ4n) is 4.10. The van der Waals surface area contributed by atoms with Gasteiger partial charge in [-0.3, -0.25) is 9.59 Å². The van der Waals surface area contributed by atoms with Gasteiger partial charge in [0.25, 0.3) is 0 Å². The van der Waals surface area contributed by atoms with Crippen molar-refractivity contribution < 1.29 is 19.8 Å². The van der Waals surface area contributed by atoms with Crippen LogP contribution < -0.4 is 0 Å². The largest absolute Gasteiger partial charge is 0.481 e. The molecule has 0 aromatic heterocycles. The Morgan fingerprint density at radius 1 is 1.00 bits per heavy atom. The number of hydrogen-bond acceptors (Lipinski definition) is 3. The van der Waals surface area contributed by atoms with Gasteiger partial charge >= 0.3 is 11.9 Å². The molecule has 24 heavy (non-hydrogen) atoms. The number of carbonyl (C=O) groups is 2. The number of carboxylic acids is 2. The second-order valence-corrected chi connectivity index (χ2v) is 7.68. The van der Waals surface area contributed by atoms with Gasteiger partial charge in [-0.2, -0.15) is 5.26 Å². The van der Waals surface area contributed by atoms with Crippen LogP contribution in [0.4, 0.5) is 0 Å². The minimum absolute atomic E-state index is 0.188. The molecule has 2 unspecified atom stereocenters. The van der Waals surface area contributed by atoms with Crippen molar-refractivity contribution in [3.8, 4) is 6.07 Å². The lowest BCUT2D eigenvalue weighted by atomic mass is 9.46. The SMILES string of the molecule is CCCCC(C)(C)C(CCCC)(C(=O)O)C(C#N)(C(=O)O)C(C)C. The third-order valence-corrected chi connectivity index (χ3v) is 5.63. The number of carboxylic acid groups (broad SMARTS) is 2. The van der Waals surface area contributed by atoms with E-state index >= 15 is 0 Å². The molecular weight excluding hydrogens is 306 g/mol. The van der Waals surface area contributed by atoms with Gasteiger partial charge in [0.05, 0.1) is 6.07 Å². The summed E-state index contributed by atoms with van der Waals surface area (Å²) in [4.78, 5) is 24.8. The highest BCUT2D eigenvalue weighted by atomic mass is 16.4. The van der Waals surface area contributed by atoms with E-state index in [0.29, 0.717) is 12.8 Å². The summed E-state index contributed by atoms with van der Waals surface area (Å²) in [6, 6.07) is 1.95. The number of nitriles is 1. The van der Waals surface area contributed by atoms with Gasteiger partial charge in [-0.25, -0.2) is 0 Å². The van der Waals surface area contributed by atoms with E-state index in [0.717, 1.165) is 19.3 Å². The van der Waals surface area contributed by atoms with Gasteiger partial charge in [0.15, 0.2) is 5.41 Å². The highest BCUT2D eigenvalue weighted by Crippen LogP contribution is 2.60. The monoisotopic (exact) mass is 339 g/mol. The molecule has 5 nitrogen and oxygen atoms in total. The molecule has 0 aliphatic heterocycles. The second kappa shape index (κ2) is 8.50. The normalized spacial score (nSPS) is 16.9. The molecular formula is C19H33NO4. The fraction of sp³-hybridized carbons (Fsp3) is 0.842. The van der Waals surface area contributed by atoms with Crippen LogP contribution in [0.1, 0.15) is 80.1 Å². The van der Waals surface area contributed by atoms with Crippen molar-refractivity contribution in [1.82, 2.24) is 0 Å². The van der Waals surface area contributed by atoms with Crippen molar-refractivity contribution in [1.29, 1.82) is 5.26 Å². The number of unbranched alkanes of at least 4 members (excludes halogenated alkanes) is 2. The minimum Gasteiger partial charge on any atom is -0.481 e. The maximum absolute atomic E-state index is 12.5. The Morgan fingerprint density at radius 3 is 1.75 bits per heavy atom. The third kappa shape index (κ3) is 3.43. The van der Waals surface area contributed by atoms with Crippen LogP contribution >= 0.6 is 0 Å². The molecule has 138 valence electrons. The predicted octanol–water partition coefficient (Wildman–Crippen LogP) is 4.71. The van der Waals surface area contributed by atoms with E-state index in [1.165, 1.54) is 0 Å². The zero-order chi connectivity index (χ0) is 19.2. The molecule has 0 heterocycles. The van der Waals surface area contributed by atoms with Crippen molar-refractivity contribution in [3.05, 3.63) is 0 Å². The summed E-state index contributed by atoms with van der Waals surface area (Å²) < 4.78 is 0. The van der Waals surface area contributed by atoms with Crippen LogP contribution in [0.3, 0.4) is 0 Å². The Morgan fingerprint density at radius 2 is 1.46 bits per heavy atom. The number of nitrogens with zero attached hydrogens (tertiary/aromatic N) is 1. The molecule has 2 atom stereocenters. The molecule has 5 heteroatoms. The summed E-state index contributed by atoms with van der Waals surface area (Å²) in [6.45, 7) is 10.8. The first-order valence-electron chi connectivity index (χ1n) is 8.89. The zero-order valence-corrected chi connectivity index (χ0v) is 16.0. The van der Waals surface area contributed by atoms with Crippen LogP contribution in [0.2, 0.25) is 0 Å². The van der Waals surface area contributed by atoms with Crippen LogP contribution in [0.5, 0.6) is 0 Å². The zero-order valence-electron chi connectivity index (χ0n) is 16.0. The Hall–Kier alpha value is -1.57. The topological polar surface area (TPSA) is 98.4 Å². The van der Waals surface area contributed by atoms with E-state index in [2.05, 4.69) is 0 Å². The van der Waals surface area contributed by atoms with Crippen molar-refractivity contribution >= 4 is 11.9 Å². The quantitative estimate of drug-likeness (QED) is 0.568. The number of hydrogen-bond donors (Lipinski definition) is 2. The van der Waals surface area contributed by atoms with E-state index in [4.69, 9.17) is 0 Å². The van der Waals surface area contributed by atoms with E-state index in [-0.39, 0.29) is 6.42 Å². The molecule has 0 fully saturated rings. The van der Waals surface area contributed by atoms with E-state index < -0.39 is 34.1 Å². The Kier molecular flexibility index (Phi) is 7.95. The van der Waals surface area contributed by atoms with Gasteiger partial charge in [-0.1, -0.05) is 67.2 Å². The van der Waals surface area contributed by atoms with Gasteiger partial charge in [0.2, 0.25) is 0 Å². The summed E-state index contributed by atoms with van der Waals surface area (Å²) >= 11 is 0. The van der Waals surface area contributed by atoms with Crippen LogP contribution in [-0.4, -0.2) is 22.2 Å². The van der Waals surface area contributed by atoms with Gasteiger partial charge in [0, 0.05) is 0 Å². The minimum atomic E-state index is -1.97. The molecule has 0 radical (unpaired) electrons. The van der Waals surface area contributed by atoms with Crippen molar-refractivity contribution in [2.24, 2.45) is 22.2 Å². The van der Waals surface area contributed by atoms with Gasteiger partial charge in [0.1, 0.15) is 5.41 Å². The number of aliphatic carboxylic acids is 2. The van der Waals surface area contributed by atoms with Crippen LogP contribution in [-0.2, 0) is 9.59 Å². The summed E-state index contributed by atoms with van der Waals surface area (Å²) in [5.41, 5.74) is -4.42. The highest BCUT2D eigenvalue weighted by molar-refractivity contribution is 5.90. The Balaban J connectivity index is 6.74. The van der Waals surface area contributed by atoms with Crippen molar-refractivity contribution in [3.63, 3.8) is 0 Å². The molecule has 0 aliphatic rings. The fourth-order valence-corrected chi connectivity index (χ4v) is 4.10. The lowest BCUT2D eigenvalue weighted by Gasteiger charge is -2.52. The molecule has 0 aromatic carbocycles. The van der Waals surface area contributed by atoms with E-state index in [9.17, 15) is 25.1 Å². The van der Waals surface area contributed by atoms with Gasteiger partial charge in [-0.15, -0.1) is 0 Å². The first-order chi connectivity index (χ1) is 11.0. The first kappa shape index (κ1) is 22.4. The van der Waals surface area contributed by atoms with Gasteiger partial charge < -0.3 is 10.2 Å². The van der Waals surface area contributed by atoms with E-state index in [1.54, 1.807) is 13.8 Å². The maximum Gasteiger partial charge on any atom is 0.325 e. The molecule has 0 bridgehead atoms. The first-order valence-corrected chi connectivity index (χ1v) is 8.89. The molecule has 0 spiro atoms.